The average Bonchev–Trinajstić information content (AvgIpc) is 2.31. The number of ether oxygens (including phenoxy) is 1. The predicted octanol–water partition coefficient (Wildman–Crippen LogP) is 3.73. The number of hydrogen-bond acceptors (Lipinski definition) is 3. The third-order valence-electron chi connectivity index (χ3n) is 2.41. The Morgan fingerprint density at radius 2 is 2.18 bits per heavy atom. The molecule has 0 aliphatic rings. The molecule has 0 amide bonds. The zero-order chi connectivity index (χ0) is 12.3. The van der Waals surface area contributed by atoms with Crippen LogP contribution in [0.5, 0.6) is 5.75 Å². The van der Waals surface area contributed by atoms with Crippen LogP contribution in [0, 0.1) is 0 Å². The first-order chi connectivity index (χ1) is 8.20. The van der Waals surface area contributed by atoms with E-state index in [0.717, 1.165) is 28.5 Å². The average molecular weight is 297 g/mol. The van der Waals surface area contributed by atoms with Crippen molar-refractivity contribution in [2.45, 2.75) is 19.8 Å². The van der Waals surface area contributed by atoms with Crippen molar-refractivity contribution in [2.24, 2.45) is 0 Å². The second kappa shape index (κ2) is 5.36. The predicted molar refractivity (Wildman–Crippen MR) is 70.6 cm³/mol. The van der Waals surface area contributed by atoms with Gasteiger partial charge in [0.2, 0.25) is 0 Å². The summed E-state index contributed by atoms with van der Waals surface area (Å²) < 4.78 is 11.5. The van der Waals surface area contributed by atoms with Gasteiger partial charge in [0, 0.05) is 11.5 Å². The Balaban J connectivity index is 2.35. The molecule has 0 saturated heterocycles. The van der Waals surface area contributed by atoms with Crippen LogP contribution in [-0.4, -0.2) is 6.61 Å². The molecule has 17 heavy (non-hydrogen) atoms. The lowest BCUT2D eigenvalue weighted by Gasteiger charge is -2.07. The van der Waals surface area contributed by atoms with Gasteiger partial charge in [0.1, 0.15) is 5.75 Å². The molecule has 1 aromatic heterocycles. The topological polar surface area (TPSA) is 39.4 Å². The fourth-order valence-electron chi connectivity index (χ4n) is 1.53. The lowest BCUT2D eigenvalue weighted by molar-refractivity contribution is 0.309. The maximum Gasteiger partial charge on any atom is 0.336 e. The van der Waals surface area contributed by atoms with Crippen molar-refractivity contribution in [3.8, 4) is 5.75 Å². The molecule has 1 heterocycles. The summed E-state index contributed by atoms with van der Waals surface area (Å²) in [6.45, 7) is 2.82. The second-order valence-electron chi connectivity index (χ2n) is 3.78. The molecule has 0 fully saturated rings. The third kappa shape index (κ3) is 2.88. The molecule has 0 saturated carbocycles. The Labute approximate surface area is 108 Å². The summed E-state index contributed by atoms with van der Waals surface area (Å²) in [6, 6.07) is 6.84. The molecule has 0 bridgehead atoms. The number of hydrogen-bond donors (Lipinski definition) is 0. The minimum atomic E-state index is -0.349. The van der Waals surface area contributed by atoms with Crippen LogP contribution in [-0.2, 0) is 0 Å². The minimum Gasteiger partial charge on any atom is -0.494 e. The van der Waals surface area contributed by atoms with Gasteiger partial charge in [-0.1, -0.05) is 13.3 Å². The lowest BCUT2D eigenvalue weighted by atomic mass is 10.2. The summed E-state index contributed by atoms with van der Waals surface area (Å²) in [5.74, 6) is 0.784. The molecule has 1 aromatic carbocycles. The standard InChI is InChI=1S/C13H13BrO3/c1-2-3-6-16-10-7-9-4-5-12(15)17-13(9)11(14)8-10/h4-5,7-8H,2-3,6H2,1H3. The molecule has 2 aromatic rings. The van der Waals surface area contributed by atoms with E-state index >= 15 is 0 Å². The molecule has 0 spiro atoms. The SMILES string of the molecule is CCCCOc1cc(Br)c2oc(=O)ccc2c1. The highest BCUT2D eigenvalue weighted by Gasteiger charge is 2.05. The van der Waals surface area contributed by atoms with Gasteiger partial charge in [0.05, 0.1) is 11.1 Å². The number of unbranched alkanes of at least 4 members (excludes halogenated alkanes) is 1. The molecule has 90 valence electrons. The molecular weight excluding hydrogens is 284 g/mol. The lowest BCUT2D eigenvalue weighted by Crippen LogP contribution is -1.98. The van der Waals surface area contributed by atoms with E-state index in [0.29, 0.717) is 12.2 Å². The van der Waals surface area contributed by atoms with Crippen molar-refractivity contribution >= 4 is 26.9 Å². The maximum atomic E-state index is 11.1. The van der Waals surface area contributed by atoms with Gasteiger partial charge in [0.15, 0.2) is 5.58 Å². The van der Waals surface area contributed by atoms with E-state index in [2.05, 4.69) is 22.9 Å². The number of rotatable bonds is 4. The number of fused-ring (bicyclic) bond motifs is 1. The van der Waals surface area contributed by atoms with Gasteiger partial charge in [-0.25, -0.2) is 4.79 Å². The third-order valence-corrected chi connectivity index (χ3v) is 3.00. The van der Waals surface area contributed by atoms with Crippen LogP contribution in [0.1, 0.15) is 19.8 Å². The van der Waals surface area contributed by atoms with Crippen molar-refractivity contribution in [1.82, 2.24) is 0 Å². The van der Waals surface area contributed by atoms with Crippen LogP contribution in [0.4, 0.5) is 0 Å². The first-order valence-electron chi connectivity index (χ1n) is 5.57. The highest BCUT2D eigenvalue weighted by molar-refractivity contribution is 9.10. The Morgan fingerprint density at radius 3 is 2.94 bits per heavy atom. The number of benzene rings is 1. The molecule has 0 aliphatic carbocycles. The molecule has 0 atom stereocenters. The van der Waals surface area contributed by atoms with E-state index in [4.69, 9.17) is 9.15 Å². The zero-order valence-corrected chi connectivity index (χ0v) is 11.1. The van der Waals surface area contributed by atoms with Crippen molar-refractivity contribution in [3.63, 3.8) is 0 Å². The van der Waals surface area contributed by atoms with Crippen LogP contribution >= 0.6 is 15.9 Å². The molecule has 4 heteroatoms. The Kier molecular flexibility index (Phi) is 3.84. The van der Waals surface area contributed by atoms with E-state index in [1.54, 1.807) is 6.07 Å². The van der Waals surface area contributed by atoms with E-state index in [-0.39, 0.29) is 5.63 Å². The van der Waals surface area contributed by atoms with Gasteiger partial charge in [0.25, 0.3) is 0 Å². The van der Waals surface area contributed by atoms with Crippen molar-refractivity contribution < 1.29 is 9.15 Å². The van der Waals surface area contributed by atoms with Crippen LogP contribution in [0.25, 0.3) is 11.0 Å². The largest absolute Gasteiger partial charge is 0.494 e. The summed E-state index contributed by atoms with van der Waals surface area (Å²) in [6.07, 6.45) is 2.13. The highest BCUT2D eigenvalue weighted by atomic mass is 79.9. The van der Waals surface area contributed by atoms with E-state index < -0.39 is 0 Å². The van der Waals surface area contributed by atoms with Gasteiger partial charge >= 0.3 is 5.63 Å². The van der Waals surface area contributed by atoms with E-state index in [9.17, 15) is 4.79 Å². The van der Waals surface area contributed by atoms with Crippen molar-refractivity contribution in [2.75, 3.05) is 6.61 Å². The van der Waals surface area contributed by atoms with Gasteiger partial charge in [-0.05, 0) is 40.5 Å². The summed E-state index contributed by atoms with van der Waals surface area (Å²) in [7, 11) is 0. The van der Waals surface area contributed by atoms with Gasteiger partial charge in [-0.2, -0.15) is 0 Å². The summed E-state index contributed by atoms with van der Waals surface area (Å²) >= 11 is 3.38. The summed E-state index contributed by atoms with van der Waals surface area (Å²) in [5.41, 5.74) is 0.207. The monoisotopic (exact) mass is 296 g/mol. The van der Waals surface area contributed by atoms with Crippen LogP contribution in [0.3, 0.4) is 0 Å². The van der Waals surface area contributed by atoms with Gasteiger partial charge < -0.3 is 9.15 Å². The smallest absolute Gasteiger partial charge is 0.336 e. The minimum absolute atomic E-state index is 0.349. The quantitative estimate of drug-likeness (QED) is 0.637. The molecule has 2 rings (SSSR count). The molecule has 0 radical (unpaired) electrons. The van der Waals surface area contributed by atoms with Crippen LogP contribution in [0.15, 0.2) is 37.9 Å². The van der Waals surface area contributed by atoms with E-state index in [1.807, 2.05) is 12.1 Å². The fraction of sp³-hybridized carbons (Fsp3) is 0.308. The Hall–Kier alpha value is -1.29. The van der Waals surface area contributed by atoms with Gasteiger partial charge in [-0.3, -0.25) is 0 Å². The normalized spacial score (nSPS) is 10.7. The molecule has 0 aliphatic heterocycles. The first kappa shape index (κ1) is 12.2. The van der Waals surface area contributed by atoms with E-state index in [1.165, 1.54) is 6.07 Å². The maximum absolute atomic E-state index is 11.1. The highest BCUT2D eigenvalue weighted by Crippen LogP contribution is 2.28. The van der Waals surface area contributed by atoms with Crippen molar-refractivity contribution in [1.29, 1.82) is 0 Å². The van der Waals surface area contributed by atoms with Crippen LogP contribution in [0.2, 0.25) is 0 Å². The fourth-order valence-corrected chi connectivity index (χ4v) is 2.07. The zero-order valence-electron chi connectivity index (χ0n) is 9.53. The summed E-state index contributed by atoms with van der Waals surface area (Å²) in [4.78, 5) is 11.1. The summed E-state index contributed by atoms with van der Waals surface area (Å²) in [5, 5.41) is 0.852. The molecular formula is C13H13BrO3. The molecule has 3 nitrogen and oxygen atoms in total. The Morgan fingerprint density at radius 1 is 1.35 bits per heavy atom. The Bertz CT molecular complexity index is 574. The van der Waals surface area contributed by atoms with Crippen LogP contribution < -0.4 is 10.4 Å². The first-order valence-corrected chi connectivity index (χ1v) is 6.36. The number of halogens is 1. The second-order valence-corrected chi connectivity index (χ2v) is 4.63. The van der Waals surface area contributed by atoms with Gasteiger partial charge in [-0.15, -0.1) is 0 Å². The molecule has 0 N–H and O–H groups in total. The molecule has 0 unspecified atom stereocenters. The van der Waals surface area contributed by atoms with Crippen molar-refractivity contribution in [3.05, 3.63) is 39.2 Å².